The molecule has 1 unspecified atom stereocenters. The summed E-state index contributed by atoms with van der Waals surface area (Å²) < 4.78 is 4.45. The van der Waals surface area contributed by atoms with Crippen LogP contribution in [0, 0.1) is 0 Å². The number of likely N-dealkylation sites (N-methyl/N-ethyl adjacent to an activating group) is 1. The maximum Gasteiger partial charge on any atom is 0.350 e. The average molecular weight is 244 g/mol. The fourth-order valence-electron chi connectivity index (χ4n) is 1.33. The van der Waals surface area contributed by atoms with E-state index in [0.717, 1.165) is 12.0 Å². The highest BCUT2D eigenvalue weighted by molar-refractivity contribution is 6.07. The molecule has 1 heterocycles. The number of esters is 1. The van der Waals surface area contributed by atoms with E-state index in [1.807, 2.05) is 5.32 Å². The summed E-state index contributed by atoms with van der Waals surface area (Å²) in [5.74, 6) is -0.890. The predicted octanol–water partition coefficient (Wildman–Crippen LogP) is -1.10. The van der Waals surface area contributed by atoms with Crippen molar-refractivity contribution in [2.75, 3.05) is 21.2 Å². The molecule has 1 aliphatic rings. The van der Waals surface area contributed by atoms with Crippen LogP contribution < -0.4 is 10.6 Å². The van der Waals surface area contributed by atoms with Crippen molar-refractivity contribution in [3.8, 4) is 0 Å². The first-order valence-corrected chi connectivity index (χ1v) is 4.60. The molecule has 1 aliphatic heterocycles. The number of carbonyl (C=O) groups is 4. The number of nitrogens with one attached hydrogen (secondary N) is 2. The van der Waals surface area contributed by atoms with Crippen LogP contribution in [0.15, 0.2) is 0 Å². The Morgan fingerprint density at radius 2 is 1.94 bits per heavy atom. The summed E-state index contributed by atoms with van der Waals surface area (Å²) in [7, 11) is 3.65. The fraction of sp³-hybridized carbons (Fsp3) is 0.500. The molecule has 0 aliphatic carbocycles. The molecule has 1 atom stereocenters. The Morgan fingerprint density at radius 1 is 1.35 bits per heavy atom. The van der Waals surface area contributed by atoms with Gasteiger partial charge in [0, 0.05) is 14.1 Å². The zero-order valence-electron chi connectivity index (χ0n) is 9.51. The van der Waals surface area contributed by atoms with Gasteiger partial charge in [0.25, 0.3) is 0 Å². The summed E-state index contributed by atoms with van der Waals surface area (Å²) >= 11 is 0. The average Bonchev–Trinajstić information content (AvgIpc) is 2.31. The Morgan fingerprint density at radius 3 is 2.41 bits per heavy atom. The van der Waals surface area contributed by atoms with Crippen LogP contribution in [0.1, 0.15) is 0 Å². The van der Waals surface area contributed by atoms with Gasteiger partial charge < -0.3 is 10.1 Å². The summed E-state index contributed by atoms with van der Waals surface area (Å²) in [5, 5.41) is 4.10. The molecule has 0 aromatic rings. The van der Waals surface area contributed by atoms with Gasteiger partial charge in [0.2, 0.25) is 6.17 Å². The van der Waals surface area contributed by atoms with Gasteiger partial charge in [-0.05, 0) is 0 Å². The predicted molar refractivity (Wildman–Crippen MR) is 53.8 cm³/mol. The number of methoxy groups -OCH3 is 1. The summed E-state index contributed by atoms with van der Waals surface area (Å²) in [5.41, 5.74) is 0. The molecule has 2 N–H and O–H groups in total. The fourth-order valence-corrected chi connectivity index (χ4v) is 1.33. The molecule has 1 fully saturated rings. The summed E-state index contributed by atoms with van der Waals surface area (Å²) in [6, 6.07) is -2.59. The van der Waals surface area contributed by atoms with Gasteiger partial charge in [-0.25, -0.2) is 24.1 Å². The summed E-state index contributed by atoms with van der Waals surface area (Å²) in [4.78, 5) is 47.2. The molecule has 1 rings (SSSR count). The molecule has 0 bridgehead atoms. The lowest BCUT2D eigenvalue weighted by atomic mass is 10.3. The molecule has 0 aromatic heterocycles. The molecule has 0 radical (unpaired) electrons. The number of hydrogen-bond acceptors (Lipinski definition) is 5. The molecule has 0 aromatic carbocycles. The van der Waals surface area contributed by atoms with Crippen molar-refractivity contribution in [3.05, 3.63) is 0 Å². The first-order chi connectivity index (χ1) is 7.93. The maximum atomic E-state index is 11.5. The van der Waals surface area contributed by atoms with Crippen LogP contribution in [-0.4, -0.2) is 61.2 Å². The highest BCUT2D eigenvalue weighted by atomic mass is 16.5. The van der Waals surface area contributed by atoms with Crippen LogP contribution in [0.3, 0.4) is 0 Å². The summed E-state index contributed by atoms with van der Waals surface area (Å²) in [6.45, 7) is 0. The van der Waals surface area contributed by atoms with E-state index in [0.29, 0.717) is 4.90 Å². The molecule has 0 spiro atoms. The highest BCUT2D eigenvalue weighted by Gasteiger charge is 2.45. The van der Waals surface area contributed by atoms with Crippen molar-refractivity contribution < 1.29 is 23.9 Å². The largest absolute Gasteiger partial charge is 0.466 e. The van der Waals surface area contributed by atoms with Gasteiger partial charge in [-0.15, -0.1) is 0 Å². The minimum absolute atomic E-state index is 0.563. The second-order valence-corrected chi connectivity index (χ2v) is 3.17. The van der Waals surface area contributed by atoms with Crippen LogP contribution in [0.25, 0.3) is 0 Å². The van der Waals surface area contributed by atoms with E-state index >= 15 is 0 Å². The smallest absolute Gasteiger partial charge is 0.350 e. The SMILES string of the molecule is CNC(=O)N1C(=O)NC(=O)N(C)C1C(=O)OC. The Kier molecular flexibility index (Phi) is 3.51. The third kappa shape index (κ3) is 2.12. The number of nitrogens with zero attached hydrogens (tertiary/aromatic N) is 2. The van der Waals surface area contributed by atoms with Gasteiger partial charge in [-0.2, -0.15) is 0 Å². The van der Waals surface area contributed by atoms with Crippen molar-refractivity contribution in [2.24, 2.45) is 0 Å². The van der Waals surface area contributed by atoms with E-state index < -0.39 is 30.2 Å². The van der Waals surface area contributed by atoms with Gasteiger partial charge in [0.1, 0.15) is 0 Å². The number of rotatable bonds is 1. The molecule has 6 amide bonds. The minimum atomic E-state index is -1.42. The minimum Gasteiger partial charge on any atom is -0.466 e. The van der Waals surface area contributed by atoms with Crippen LogP contribution in [-0.2, 0) is 9.53 Å². The molecule has 17 heavy (non-hydrogen) atoms. The molecule has 94 valence electrons. The van der Waals surface area contributed by atoms with Crippen LogP contribution in [0.2, 0.25) is 0 Å². The zero-order chi connectivity index (χ0) is 13.2. The second kappa shape index (κ2) is 4.68. The van der Waals surface area contributed by atoms with Crippen LogP contribution >= 0.6 is 0 Å². The number of hydrogen-bond donors (Lipinski definition) is 2. The van der Waals surface area contributed by atoms with Crippen molar-refractivity contribution >= 4 is 24.1 Å². The third-order valence-electron chi connectivity index (χ3n) is 2.21. The third-order valence-corrected chi connectivity index (χ3v) is 2.21. The van der Waals surface area contributed by atoms with Crippen molar-refractivity contribution in [1.82, 2.24) is 20.4 Å². The van der Waals surface area contributed by atoms with E-state index in [1.165, 1.54) is 14.1 Å². The number of ether oxygens (including phenoxy) is 1. The molecule has 9 heteroatoms. The zero-order valence-corrected chi connectivity index (χ0v) is 9.51. The van der Waals surface area contributed by atoms with E-state index in [1.54, 1.807) is 0 Å². The Bertz CT molecular complexity index is 382. The quantitative estimate of drug-likeness (QED) is 0.569. The summed E-state index contributed by atoms with van der Waals surface area (Å²) in [6.07, 6.45) is -1.42. The topological polar surface area (TPSA) is 108 Å². The monoisotopic (exact) mass is 244 g/mol. The number of amides is 6. The highest BCUT2D eigenvalue weighted by Crippen LogP contribution is 2.12. The maximum absolute atomic E-state index is 11.5. The molecule has 9 nitrogen and oxygen atoms in total. The number of imide groups is 2. The van der Waals surface area contributed by atoms with Gasteiger partial charge in [0.15, 0.2) is 0 Å². The van der Waals surface area contributed by atoms with Crippen molar-refractivity contribution in [2.45, 2.75) is 6.17 Å². The van der Waals surface area contributed by atoms with E-state index in [2.05, 4.69) is 10.1 Å². The van der Waals surface area contributed by atoms with Gasteiger partial charge in [-0.1, -0.05) is 0 Å². The van der Waals surface area contributed by atoms with E-state index in [4.69, 9.17) is 0 Å². The van der Waals surface area contributed by atoms with Crippen molar-refractivity contribution in [3.63, 3.8) is 0 Å². The second-order valence-electron chi connectivity index (χ2n) is 3.17. The van der Waals surface area contributed by atoms with Crippen LogP contribution in [0.5, 0.6) is 0 Å². The molecule has 0 saturated carbocycles. The Labute approximate surface area is 96.7 Å². The first kappa shape index (κ1) is 12.7. The van der Waals surface area contributed by atoms with E-state index in [9.17, 15) is 19.2 Å². The first-order valence-electron chi connectivity index (χ1n) is 4.60. The standard InChI is InChI=1S/C8H12N4O5/c1-9-6(14)12-4(5(13)17-3)11(2)7(15)10-8(12)16/h4H,1-3H3,(H,9,14)(H,10,15,16). The Hall–Kier alpha value is -2.32. The normalized spacial score (nSPS) is 19.8. The molecular weight excluding hydrogens is 232 g/mol. The van der Waals surface area contributed by atoms with E-state index in [-0.39, 0.29) is 0 Å². The Balaban J connectivity index is 3.12. The van der Waals surface area contributed by atoms with Gasteiger partial charge in [0.05, 0.1) is 7.11 Å². The lowest BCUT2D eigenvalue weighted by molar-refractivity contribution is -0.150. The lowest BCUT2D eigenvalue weighted by Crippen LogP contribution is -2.69. The van der Waals surface area contributed by atoms with Gasteiger partial charge in [-0.3, -0.25) is 10.2 Å². The number of urea groups is 3. The van der Waals surface area contributed by atoms with Gasteiger partial charge >= 0.3 is 24.1 Å². The van der Waals surface area contributed by atoms with Crippen LogP contribution in [0.4, 0.5) is 14.4 Å². The lowest BCUT2D eigenvalue weighted by Gasteiger charge is -2.37. The van der Waals surface area contributed by atoms with Crippen molar-refractivity contribution in [1.29, 1.82) is 0 Å². The molecule has 1 saturated heterocycles. The number of carbonyl (C=O) groups excluding carboxylic acids is 4. The molecular formula is C8H12N4O5.